The molecule has 20 heavy (non-hydrogen) atoms. The van der Waals surface area contributed by atoms with Crippen molar-refractivity contribution in [2.45, 2.75) is 26.9 Å². The molecule has 0 radical (unpaired) electrons. The number of aromatic nitrogens is 4. The van der Waals surface area contributed by atoms with Crippen LogP contribution in [0.15, 0.2) is 27.4 Å². The van der Waals surface area contributed by atoms with E-state index in [2.05, 4.69) is 10.2 Å². The zero-order valence-corrected chi connectivity index (χ0v) is 12.0. The average Bonchev–Trinajstić information content (AvgIpc) is 2.92. The summed E-state index contributed by atoms with van der Waals surface area (Å²) in [6.07, 6.45) is 0. The molecule has 3 rings (SSSR count). The first-order chi connectivity index (χ1) is 9.60. The lowest BCUT2D eigenvalue weighted by Crippen LogP contribution is -2.17. The molecular weight excluding hydrogens is 276 g/mol. The number of hydrogen-bond donors (Lipinski definition) is 1. The summed E-state index contributed by atoms with van der Waals surface area (Å²) in [6, 6.07) is 5.65. The Hall–Kier alpha value is -2.15. The van der Waals surface area contributed by atoms with Crippen molar-refractivity contribution in [1.82, 2.24) is 19.3 Å². The highest BCUT2D eigenvalue weighted by Gasteiger charge is 2.13. The predicted octanol–water partition coefficient (Wildman–Crippen LogP) is 2.23. The second-order valence-electron chi connectivity index (χ2n) is 4.61. The minimum Gasteiger partial charge on any atom is -0.408 e. The summed E-state index contributed by atoms with van der Waals surface area (Å²) in [5, 5.41) is 6.93. The molecule has 1 N–H and O–H groups in total. The normalized spacial score (nSPS) is 11.3. The van der Waals surface area contributed by atoms with Crippen molar-refractivity contribution in [3.63, 3.8) is 0 Å². The maximum Gasteiger partial charge on any atom is 0.420 e. The van der Waals surface area contributed by atoms with Crippen LogP contribution >= 0.6 is 12.2 Å². The van der Waals surface area contributed by atoms with Gasteiger partial charge < -0.3 is 8.98 Å². The number of hydrogen-bond acceptors (Lipinski definition) is 4. The van der Waals surface area contributed by atoms with E-state index in [9.17, 15) is 4.79 Å². The molecule has 0 saturated carbocycles. The van der Waals surface area contributed by atoms with Gasteiger partial charge in [0, 0.05) is 6.54 Å². The third-order valence-electron chi connectivity index (χ3n) is 3.28. The van der Waals surface area contributed by atoms with E-state index in [1.807, 2.05) is 30.5 Å². The van der Waals surface area contributed by atoms with Crippen LogP contribution in [0.1, 0.15) is 18.3 Å². The van der Waals surface area contributed by atoms with Gasteiger partial charge in [-0.1, -0.05) is 6.07 Å². The summed E-state index contributed by atoms with van der Waals surface area (Å²) in [7, 11) is 0. The van der Waals surface area contributed by atoms with E-state index < -0.39 is 0 Å². The highest BCUT2D eigenvalue weighted by Crippen LogP contribution is 2.15. The van der Waals surface area contributed by atoms with Gasteiger partial charge in [0.1, 0.15) is 0 Å². The topological polar surface area (TPSA) is 68.8 Å². The molecule has 2 heterocycles. The van der Waals surface area contributed by atoms with Crippen molar-refractivity contribution >= 4 is 23.3 Å². The van der Waals surface area contributed by atoms with Crippen LogP contribution in [0.4, 0.5) is 0 Å². The molecule has 104 valence electrons. The van der Waals surface area contributed by atoms with E-state index in [1.165, 1.54) is 0 Å². The lowest BCUT2D eigenvalue weighted by Gasteiger charge is -2.04. The van der Waals surface area contributed by atoms with Gasteiger partial charge in [-0.05, 0) is 43.8 Å². The van der Waals surface area contributed by atoms with Gasteiger partial charge in [-0.3, -0.25) is 9.67 Å². The number of fused-ring (bicyclic) bond motifs is 1. The highest BCUT2D eigenvalue weighted by atomic mass is 32.1. The van der Waals surface area contributed by atoms with Crippen molar-refractivity contribution < 1.29 is 4.42 Å². The number of nitrogens with one attached hydrogen (secondary N) is 1. The molecule has 0 aliphatic carbocycles. The fourth-order valence-corrected chi connectivity index (χ4v) is 2.54. The molecule has 3 aromatic rings. The molecule has 0 atom stereocenters. The SMILES string of the molecule is CCn1c(Cn2c(=O)oc3ccc(C)cc32)n[nH]c1=S. The van der Waals surface area contributed by atoms with E-state index in [0.717, 1.165) is 11.1 Å². The maximum atomic E-state index is 12.0. The standard InChI is InChI=1S/C13H14N4O2S/c1-3-16-11(14-15-12(16)20)7-17-9-6-8(2)4-5-10(9)19-13(17)18/h4-6H,3,7H2,1-2H3,(H,15,20). The molecule has 0 saturated heterocycles. The van der Waals surface area contributed by atoms with Gasteiger partial charge in [-0.25, -0.2) is 4.79 Å². The minimum atomic E-state index is -0.387. The Balaban J connectivity index is 2.15. The number of aromatic amines is 1. The summed E-state index contributed by atoms with van der Waals surface area (Å²) in [5.74, 6) is 0.325. The lowest BCUT2D eigenvalue weighted by molar-refractivity contribution is 0.508. The Morgan fingerprint density at radius 1 is 1.40 bits per heavy atom. The van der Waals surface area contributed by atoms with Crippen molar-refractivity contribution in [3.05, 3.63) is 44.9 Å². The van der Waals surface area contributed by atoms with E-state index in [4.69, 9.17) is 16.6 Å². The fourth-order valence-electron chi connectivity index (χ4n) is 2.26. The number of oxazole rings is 1. The molecule has 0 amide bonds. The lowest BCUT2D eigenvalue weighted by atomic mass is 10.2. The largest absolute Gasteiger partial charge is 0.420 e. The van der Waals surface area contributed by atoms with Crippen LogP contribution in [0.2, 0.25) is 0 Å². The van der Waals surface area contributed by atoms with E-state index >= 15 is 0 Å². The summed E-state index contributed by atoms with van der Waals surface area (Å²) in [5.41, 5.74) is 2.42. The van der Waals surface area contributed by atoms with Crippen LogP contribution in [-0.2, 0) is 13.1 Å². The Morgan fingerprint density at radius 3 is 2.95 bits per heavy atom. The van der Waals surface area contributed by atoms with Crippen LogP contribution in [0, 0.1) is 11.7 Å². The molecule has 6 nitrogen and oxygen atoms in total. The first-order valence-electron chi connectivity index (χ1n) is 6.34. The molecule has 2 aromatic heterocycles. The van der Waals surface area contributed by atoms with Crippen molar-refractivity contribution in [3.8, 4) is 0 Å². The van der Waals surface area contributed by atoms with Crippen LogP contribution < -0.4 is 5.76 Å². The van der Waals surface area contributed by atoms with E-state index in [-0.39, 0.29) is 5.76 Å². The minimum absolute atomic E-state index is 0.330. The highest BCUT2D eigenvalue weighted by molar-refractivity contribution is 7.71. The van der Waals surface area contributed by atoms with Gasteiger partial charge in [0.05, 0.1) is 12.1 Å². The number of benzene rings is 1. The zero-order chi connectivity index (χ0) is 14.3. The summed E-state index contributed by atoms with van der Waals surface area (Å²) >= 11 is 5.15. The molecular formula is C13H14N4O2S. The van der Waals surface area contributed by atoms with Crippen molar-refractivity contribution in [1.29, 1.82) is 0 Å². The van der Waals surface area contributed by atoms with Crippen molar-refractivity contribution in [2.24, 2.45) is 0 Å². The Morgan fingerprint density at radius 2 is 2.20 bits per heavy atom. The smallest absolute Gasteiger partial charge is 0.408 e. The van der Waals surface area contributed by atoms with Crippen LogP contribution in [-0.4, -0.2) is 19.3 Å². The monoisotopic (exact) mass is 290 g/mol. The number of nitrogens with zero attached hydrogens (tertiary/aromatic N) is 3. The molecule has 0 spiro atoms. The van der Waals surface area contributed by atoms with Gasteiger partial charge in [0.25, 0.3) is 0 Å². The molecule has 1 aromatic carbocycles. The second-order valence-corrected chi connectivity index (χ2v) is 5.00. The number of H-pyrrole nitrogens is 1. The average molecular weight is 290 g/mol. The Bertz CT molecular complexity index is 884. The first kappa shape index (κ1) is 12.9. The molecule has 7 heteroatoms. The van der Waals surface area contributed by atoms with Gasteiger partial charge >= 0.3 is 5.76 Å². The molecule has 0 aliphatic heterocycles. The van der Waals surface area contributed by atoms with Crippen molar-refractivity contribution in [2.75, 3.05) is 0 Å². The van der Waals surface area contributed by atoms with Gasteiger partial charge in [-0.15, -0.1) is 0 Å². The van der Waals surface area contributed by atoms with Gasteiger partial charge in [0.15, 0.2) is 16.2 Å². The summed E-state index contributed by atoms with van der Waals surface area (Å²) in [6.45, 7) is 4.99. The number of aryl methyl sites for hydroxylation is 1. The third kappa shape index (κ3) is 2.00. The van der Waals surface area contributed by atoms with Crippen LogP contribution in [0.3, 0.4) is 0 Å². The quantitative estimate of drug-likeness (QED) is 0.751. The molecule has 0 aliphatic rings. The fraction of sp³-hybridized carbons (Fsp3) is 0.308. The molecule has 0 unspecified atom stereocenters. The van der Waals surface area contributed by atoms with Gasteiger partial charge in [-0.2, -0.15) is 5.10 Å². The van der Waals surface area contributed by atoms with Gasteiger partial charge in [0.2, 0.25) is 0 Å². The summed E-state index contributed by atoms with van der Waals surface area (Å²) < 4.78 is 9.22. The predicted molar refractivity (Wildman–Crippen MR) is 77.4 cm³/mol. The van der Waals surface area contributed by atoms with Crippen LogP contribution in [0.5, 0.6) is 0 Å². The Labute approximate surface area is 119 Å². The Kier molecular flexibility index (Phi) is 3.06. The van der Waals surface area contributed by atoms with E-state index in [0.29, 0.717) is 29.3 Å². The number of rotatable bonds is 3. The zero-order valence-electron chi connectivity index (χ0n) is 11.2. The molecule has 0 fully saturated rings. The third-order valence-corrected chi connectivity index (χ3v) is 3.59. The first-order valence-corrected chi connectivity index (χ1v) is 6.75. The summed E-state index contributed by atoms with van der Waals surface area (Å²) in [4.78, 5) is 12.0. The van der Waals surface area contributed by atoms with E-state index in [1.54, 1.807) is 10.6 Å². The second kappa shape index (κ2) is 4.75. The molecule has 0 bridgehead atoms. The van der Waals surface area contributed by atoms with Crippen LogP contribution in [0.25, 0.3) is 11.1 Å². The maximum absolute atomic E-state index is 12.0.